The Kier molecular flexibility index (Phi) is 4.55. The third-order valence-electron chi connectivity index (χ3n) is 2.60. The van der Waals surface area contributed by atoms with Gasteiger partial charge in [-0.1, -0.05) is 17.7 Å². The Labute approximate surface area is 134 Å². The minimum atomic E-state index is -4.25. The van der Waals surface area contributed by atoms with E-state index in [4.69, 9.17) is 11.6 Å². The van der Waals surface area contributed by atoms with Crippen LogP contribution in [0.3, 0.4) is 0 Å². The molecule has 0 aromatic heterocycles. The summed E-state index contributed by atoms with van der Waals surface area (Å²) in [5.41, 5.74) is 0.892. The molecule has 0 bridgehead atoms. The first-order valence-corrected chi connectivity index (χ1v) is 8.29. The van der Waals surface area contributed by atoms with Crippen molar-refractivity contribution < 1.29 is 17.2 Å². The van der Waals surface area contributed by atoms with Gasteiger partial charge in [0.25, 0.3) is 10.0 Å². The van der Waals surface area contributed by atoms with Gasteiger partial charge >= 0.3 is 0 Å². The van der Waals surface area contributed by atoms with E-state index in [0.29, 0.717) is 6.07 Å². The summed E-state index contributed by atoms with van der Waals surface area (Å²) in [5, 5.41) is 0.169. The lowest BCUT2D eigenvalue weighted by Gasteiger charge is -2.12. The molecule has 0 unspecified atom stereocenters. The van der Waals surface area contributed by atoms with Gasteiger partial charge in [-0.2, -0.15) is 0 Å². The van der Waals surface area contributed by atoms with Gasteiger partial charge in [0, 0.05) is 10.5 Å². The molecule has 2 rings (SSSR count). The van der Waals surface area contributed by atoms with E-state index in [-0.39, 0.29) is 15.2 Å². The predicted molar refractivity (Wildman–Crippen MR) is 81.1 cm³/mol. The van der Waals surface area contributed by atoms with Crippen molar-refractivity contribution in [2.45, 2.75) is 11.8 Å². The lowest BCUT2D eigenvalue weighted by atomic mass is 10.2. The molecule has 21 heavy (non-hydrogen) atoms. The highest BCUT2D eigenvalue weighted by molar-refractivity contribution is 9.10. The molecule has 0 saturated carbocycles. The normalized spacial score (nSPS) is 11.5. The van der Waals surface area contributed by atoms with Gasteiger partial charge in [0.05, 0.1) is 10.7 Å². The van der Waals surface area contributed by atoms with E-state index >= 15 is 0 Å². The molecule has 1 N–H and O–H groups in total. The van der Waals surface area contributed by atoms with Crippen molar-refractivity contribution in [3.8, 4) is 0 Å². The topological polar surface area (TPSA) is 46.2 Å². The van der Waals surface area contributed by atoms with Gasteiger partial charge in [-0.3, -0.25) is 4.72 Å². The van der Waals surface area contributed by atoms with Crippen molar-refractivity contribution >= 4 is 43.2 Å². The van der Waals surface area contributed by atoms with Gasteiger partial charge in [-0.15, -0.1) is 0 Å². The van der Waals surface area contributed by atoms with E-state index in [9.17, 15) is 17.2 Å². The van der Waals surface area contributed by atoms with Crippen LogP contribution in [0.2, 0.25) is 5.02 Å². The summed E-state index contributed by atoms with van der Waals surface area (Å²) >= 11 is 8.75. The third-order valence-corrected chi connectivity index (χ3v) is 5.26. The smallest absolute Gasteiger partial charge is 0.266 e. The van der Waals surface area contributed by atoms with Gasteiger partial charge in [0.15, 0.2) is 0 Å². The SMILES string of the molecule is Cc1ccc(Cl)c(NS(=O)(=O)c2c(F)cc(F)cc2Br)c1. The minimum absolute atomic E-state index is 0.118. The number of rotatable bonds is 3. The highest BCUT2D eigenvalue weighted by Gasteiger charge is 2.24. The maximum absolute atomic E-state index is 13.8. The van der Waals surface area contributed by atoms with E-state index in [1.807, 2.05) is 0 Å². The summed E-state index contributed by atoms with van der Waals surface area (Å²) in [6.07, 6.45) is 0. The zero-order valence-electron chi connectivity index (χ0n) is 10.6. The molecule has 0 spiro atoms. The van der Waals surface area contributed by atoms with Gasteiger partial charge < -0.3 is 0 Å². The Morgan fingerprint density at radius 3 is 2.48 bits per heavy atom. The van der Waals surface area contributed by atoms with Crippen molar-refractivity contribution in [1.82, 2.24) is 0 Å². The summed E-state index contributed by atoms with van der Waals surface area (Å²) < 4.78 is 53.3. The van der Waals surface area contributed by atoms with Crippen LogP contribution in [0, 0.1) is 18.6 Å². The molecular weight excluding hydrogens is 388 g/mol. The average molecular weight is 397 g/mol. The lowest BCUT2D eigenvalue weighted by Crippen LogP contribution is -2.16. The summed E-state index contributed by atoms with van der Waals surface area (Å²) in [6, 6.07) is 6.10. The number of aryl methyl sites for hydroxylation is 1. The van der Waals surface area contributed by atoms with Gasteiger partial charge in [-0.05, 0) is 46.6 Å². The minimum Gasteiger partial charge on any atom is -0.278 e. The van der Waals surface area contributed by atoms with Crippen LogP contribution in [0.1, 0.15) is 5.56 Å². The van der Waals surface area contributed by atoms with E-state index < -0.39 is 26.6 Å². The van der Waals surface area contributed by atoms with Crippen LogP contribution in [0.25, 0.3) is 0 Å². The second-order valence-corrected chi connectivity index (χ2v) is 7.17. The largest absolute Gasteiger partial charge is 0.278 e. The summed E-state index contributed by atoms with van der Waals surface area (Å²) in [4.78, 5) is -0.679. The van der Waals surface area contributed by atoms with Gasteiger partial charge in [-0.25, -0.2) is 17.2 Å². The van der Waals surface area contributed by atoms with Crippen molar-refractivity contribution in [3.05, 3.63) is 57.0 Å². The van der Waals surface area contributed by atoms with Crippen molar-refractivity contribution in [2.75, 3.05) is 4.72 Å². The van der Waals surface area contributed by atoms with E-state index in [0.717, 1.165) is 11.6 Å². The molecule has 0 fully saturated rings. The number of benzene rings is 2. The van der Waals surface area contributed by atoms with Gasteiger partial charge in [0.1, 0.15) is 16.5 Å². The first-order chi connectivity index (χ1) is 9.70. The average Bonchev–Trinajstić information content (AvgIpc) is 2.31. The molecule has 0 amide bonds. The molecule has 2 aromatic carbocycles. The first-order valence-electron chi connectivity index (χ1n) is 5.64. The Balaban J connectivity index is 2.51. The van der Waals surface area contributed by atoms with Crippen LogP contribution in [0.4, 0.5) is 14.5 Å². The van der Waals surface area contributed by atoms with Gasteiger partial charge in [0.2, 0.25) is 0 Å². The standard InChI is InChI=1S/C13H9BrClF2NO2S/c1-7-2-3-10(15)12(4-7)18-21(19,20)13-9(14)5-8(16)6-11(13)17/h2-6,18H,1H3. The Morgan fingerprint density at radius 2 is 1.86 bits per heavy atom. The lowest BCUT2D eigenvalue weighted by molar-refractivity contribution is 0.548. The second kappa shape index (κ2) is 5.90. The molecule has 3 nitrogen and oxygen atoms in total. The fraction of sp³-hybridized carbons (Fsp3) is 0.0769. The zero-order chi connectivity index (χ0) is 15.8. The first kappa shape index (κ1) is 16.2. The zero-order valence-corrected chi connectivity index (χ0v) is 13.8. The number of hydrogen-bond donors (Lipinski definition) is 1. The van der Waals surface area contributed by atoms with Crippen LogP contribution < -0.4 is 4.72 Å². The maximum atomic E-state index is 13.8. The van der Waals surface area contributed by atoms with Crippen molar-refractivity contribution in [1.29, 1.82) is 0 Å². The van der Waals surface area contributed by atoms with Crippen LogP contribution in [-0.4, -0.2) is 8.42 Å². The second-order valence-electron chi connectivity index (χ2n) is 4.29. The number of halogens is 4. The fourth-order valence-corrected chi connectivity index (χ4v) is 4.16. The third kappa shape index (κ3) is 3.53. The quantitative estimate of drug-likeness (QED) is 0.831. The van der Waals surface area contributed by atoms with Crippen molar-refractivity contribution in [3.63, 3.8) is 0 Å². The number of nitrogens with one attached hydrogen (secondary N) is 1. The Bertz CT molecular complexity index is 789. The Morgan fingerprint density at radius 1 is 1.19 bits per heavy atom. The Hall–Kier alpha value is -1.18. The van der Waals surface area contributed by atoms with Crippen LogP contribution >= 0.6 is 27.5 Å². The summed E-state index contributed by atoms with van der Waals surface area (Å²) in [6.45, 7) is 1.75. The molecule has 0 aliphatic heterocycles. The van der Waals surface area contributed by atoms with E-state index in [1.165, 1.54) is 12.1 Å². The molecule has 0 heterocycles. The molecule has 0 aliphatic carbocycles. The van der Waals surface area contributed by atoms with E-state index in [1.54, 1.807) is 13.0 Å². The molecule has 0 saturated heterocycles. The molecule has 8 heteroatoms. The maximum Gasteiger partial charge on any atom is 0.266 e. The monoisotopic (exact) mass is 395 g/mol. The summed E-state index contributed by atoms with van der Waals surface area (Å²) in [7, 11) is -4.25. The molecule has 0 radical (unpaired) electrons. The van der Waals surface area contributed by atoms with Crippen LogP contribution in [0.15, 0.2) is 39.7 Å². The van der Waals surface area contributed by atoms with E-state index in [2.05, 4.69) is 20.7 Å². The number of hydrogen-bond acceptors (Lipinski definition) is 2. The van der Waals surface area contributed by atoms with Crippen LogP contribution in [-0.2, 0) is 10.0 Å². The predicted octanol–water partition coefficient (Wildman–Crippen LogP) is 4.49. The molecular formula is C13H9BrClF2NO2S. The fourth-order valence-electron chi connectivity index (χ4n) is 1.70. The summed E-state index contributed by atoms with van der Waals surface area (Å²) in [5.74, 6) is -2.08. The molecule has 112 valence electrons. The highest BCUT2D eigenvalue weighted by atomic mass is 79.9. The highest BCUT2D eigenvalue weighted by Crippen LogP contribution is 2.30. The molecule has 0 aliphatic rings. The van der Waals surface area contributed by atoms with Crippen LogP contribution in [0.5, 0.6) is 0 Å². The number of sulfonamides is 1. The molecule has 2 aromatic rings. The molecule has 0 atom stereocenters. The number of anilines is 1. The van der Waals surface area contributed by atoms with Crippen molar-refractivity contribution in [2.24, 2.45) is 0 Å².